The second-order valence-electron chi connectivity index (χ2n) is 8.83. The molecule has 1 aliphatic rings. The zero-order valence-corrected chi connectivity index (χ0v) is 20.2. The van der Waals surface area contributed by atoms with Gasteiger partial charge in [-0.3, -0.25) is 0 Å². The second kappa shape index (κ2) is 9.20. The van der Waals surface area contributed by atoms with Crippen LogP contribution >= 0.6 is 11.6 Å². The zero-order chi connectivity index (χ0) is 21.1. The van der Waals surface area contributed by atoms with Crippen molar-refractivity contribution in [1.82, 2.24) is 4.90 Å². The minimum atomic E-state index is -0.865. The van der Waals surface area contributed by atoms with Gasteiger partial charge in [-0.2, -0.15) is 0 Å². The van der Waals surface area contributed by atoms with Crippen molar-refractivity contribution < 1.29 is 9.53 Å². The molecule has 2 rings (SSSR count). The van der Waals surface area contributed by atoms with Gasteiger partial charge < -0.3 is 19.3 Å². The van der Waals surface area contributed by atoms with Crippen LogP contribution in [0.1, 0.15) is 47.0 Å². The molecule has 1 N–H and O–H groups in total. The Morgan fingerprint density at radius 1 is 1.21 bits per heavy atom. The average Bonchev–Trinajstić information content (AvgIpc) is 2.87. The van der Waals surface area contributed by atoms with Crippen molar-refractivity contribution in [2.75, 3.05) is 25.2 Å². The molecule has 1 atom stereocenters. The summed E-state index contributed by atoms with van der Waals surface area (Å²) >= 11 is 6.66. The molecule has 0 fully saturated rings. The van der Waals surface area contributed by atoms with E-state index in [2.05, 4.69) is 57.6 Å². The molecule has 0 spiro atoms. The van der Waals surface area contributed by atoms with Gasteiger partial charge in [-0.15, -0.1) is 0 Å². The maximum Gasteiger partial charge on any atom is 0.205 e. The Kier molecular flexibility index (Phi) is 7.65. The minimum absolute atomic E-state index is 0.0356. The summed E-state index contributed by atoms with van der Waals surface area (Å²) in [6, 6.07) is 7.91. The highest BCUT2D eigenvalue weighted by molar-refractivity contribution is 6.48. The number of unbranched alkanes of at least 4 members (excludes halogenated alkanes) is 1. The van der Waals surface area contributed by atoms with Crippen LogP contribution in [0.4, 0.5) is 5.69 Å². The van der Waals surface area contributed by atoms with Gasteiger partial charge in [0.1, 0.15) is 5.66 Å². The Morgan fingerprint density at radius 2 is 1.86 bits per heavy atom. The van der Waals surface area contributed by atoms with E-state index in [-0.39, 0.29) is 12.0 Å². The monoisotopic (exact) mass is 423 g/mol. The molecule has 28 heavy (non-hydrogen) atoms. The number of allylic oxidation sites excluding steroid dienone is 1. The van der Waals surface area contributed by atoms with Gasteiger partial charge in [-0.1, -0.05) is 57.8 Å². The highest BCUT2D eigenvalue weighted by Crippen LogP contribution is 2.49. The highest BCUT2D eigenvalue weighted by atomic mass is 35.5. The molecular weight excluding hydrogens is 388 g/mol. The van der Waals surface area contributed by atoms with Crippen LogP contribution in [0.2, 0.25) is 18.1 Å². The van der Waals surface area contributed by atoms with E-state index in [1.54, 1.807) is 0 Å². The summed E-state index contributed by atoms with van der Waals surface area (Å²) < 4.78 is 6.31. The normalized spacial score (nSPS) is 20.6. The third-order valence-corrected chi connectivity index (χ3v) is 6.44. The quantitative estimate of drug-likeness (QED) is 0.560. The summed E-state index contributed by atoms with van der Waals surface area (Å²) in [5.41, 5.74) is 2.48. The fourth-order valence-electron chi connectivity index (χ4n) is 4.23. The number of halogens is 1. The number of likely N-dealkylation sites (N-methyl/N-ethyl adjacent to an activating group) is 1. The van der Waals surface area contributed by atoms with E-state index in [0.717, 1.165) is 36.3 Å². The number of anilines is 1. The third-order valence-electron chi connectivity index (χ3n) is 5.40. The largest absolute Gasteiger partial charge is 0.413 e. The Hall–Kier alpha value is -1.01. The molecule has 1 heterocycles. The molecule has 1 radical (unpaired) electrons. The van der Waals surface area contributed by atoms with Gasteiger partial charge in [-0.25, -0.2) is 0 Å². The van der Waals surface area contributed by atoms with E-state index in [4.69, 9.17) is 16.0 Å². The number of aliphatic hydroxyl groups is 1. The Labute approximate surface area is 177 Å². The van der Waals surface area contributed by atoms with Crippen molar-refractivity contribution in [3.8, 4) is 0 Å². The van der Waals surface area contributed by atoms with Crippen molar-refractivity contribution in [3.05, 3.63) is 40.7 Å². The molecule has 0 aliphatic carbocycles. The number of rotatable bonds is 8. The number of hydrogen-bond acceptors (Lipinski definition) is 4. The minimum Gasteiger partial charge on any atom is -0.413 e. The molecule has 0 amide bonds. The number of para-hydroxylation sites is 1. The first-order valence-electron chi connectivity index (χ1n) is 10.2. The van der Waals surface area contributed by atoms with Crippen LogP contribution in [0.3, 0.4) is 0 Å². The Morgan fingerprint density at radius 3 is 2.36 bits per heavy atom. The molecule has 0 saturated heterocycles. The lowest BCUT2D eigenvalue weighted by Crippen LogP contribution is -2.58. The van der Waals surface area contributed by atoms with E-state index < -0.39 is 14.7 Å². The average molecular weight is 424 g/mol. The number of nitrogens with zero attached hydrogens (tertiary/aromatic N) is 2. The second-order valence-corrected chi connectivity index (χ2v) is 11.3. The van der Waals surface area contributed by atoms with Crippen molar-refractivity contribution in [3.63, 3.8) is 0 Å². The van der Waals surface area contributed by atoms with Gasteiger partial charge >= 0.3 is 0 Å². The molecule has 157 valence electrons. The van der Waals surface area contributed by atoms with Gasteiger partial charge in [0.25, 0.3) is 0 Å². The lowest BCUT2D eigenvalue weighted by Gasteiger charge is -2.47. The topological polar surface area (TPSA) is 35.9 Å². The van der Waals surface area contributed by atoms with Crippen LogP contribution in [-0.4, -0.2) is 45.0 Å². The number of aliphatic hydroxyl groups excluding tert-OH is 1. The predicted molar refractivity (Wildman–Crippen MR) is 121 cm³/mol. The SMILES string of the molecule is CCCCC1(CO[Si](C)C)N(C)C(C(C)(C)C)=C(CO)N1c1ccccc1Cl. The zero-order valence-electron chi connectivity index (χ0n) is 18.5. The number of hydrogen-bond donors (Lipinski definition) is 1. The van der Waals surface area contributed by atoms with Crippen LogP contribution in [0.5, 0.6) is 0 Å². The molecule has 4 nitrogen and oxygen atoms in total. The molecular formula is C22H36ClN2O2Si. The molecule has 0 bridgehead atoms. The van der Waals surface area contributed by atoms with Crippen LogP contribution in [-0.2, 0) is 4.43 Å². The summed E-state index contributed by atoms with van der Waals surface area (Å²) in [6.45, 7) is 13.7. The molecule has 6 heteroatoms. The Balaban J connectivity index is 2.73. The summed E-state index contributed by atoms with van der Waals surface area (Å²) in [5.74, 6) is 0. The number of benzene rings is 1. The van der Waals surface area contributed by atoms with Crippen molar-refractivity contribution in [2.24, 2.45) is 5.41 Å². The van der Waals surface area contributed by atoms with Crippen LogP contribution in [0.15, 0.2) is 35.7 Å². The van der Waals surface area contributed by atoms with Gasteiger partial charge in [0.05, 0.1) is 29.6 Å². The van der Waals surface area contributed by atoms with E-state index in [1.807, 2.05) is 24.3 Å². The van der Waals surface area contributed by atoms with Gasteiger partial charge in [-0.05, 0) is 38.1 Å². The van der Waals surface area contributed by atoms with Crippen LogP contribution in [0.25, 0.3) is 0 Å². The first-order chi connectivity index (χ1) is 13.1. The van der Waals surface area contributed by atoms with Gasteiger partial charge in [0, 0.05) is 18.2 Å². The summed E-state index contributed by atoms with van der Waals surface area (Å²) in [7, 11) is 1.28. The lowest BCUT2D eigenvalue weighted by molar-refractivity contribution is 0.0811. The standard InChI is InChI=1S/C22H36ClN2O2Si/c1-8-9-14-22(16-27-28(6)7)24(5)20(21(2,3)4)19(15-26)25(22)18-13-11-10-12-17(18)23/h10-13,26H,8-9,14-16H2,1-7H3. The van der Waals surface area contributed by atoms with Crippen molar-refractivity contribution in [1.29, 1.82) is 0 Å². The molecule has 1 aliphatic heterocycles. The summed E-state index contributed by atoms with van der Waals surface area (Å²) in [4.78, 5) is 4.61. The molecule has 1 unspecified atom stereocenters. The highest BCUT2D eigenvalue weighted by Gasteiger charge is 2.52. The molecule has 1 aromatic rings. The molecule has 1 aromatic carbocycles. The van der Waals surface area contributed by atoms with Gasteiger partial charge in [0.2, 0.25) is 9.04 Å². The predicted octanol–water partition coefficient (Wildman–Crippen LogP) is 5.50. The maximum absolute atomic E-state index is 10.5. The first-order valence-corrected chi connectivity index (χ1v) is 12.9. The van der Waals surface area contributed by atoms with E-state index in [0.29, 0.717) is 11.6 Å². The first kappa shape index (κ1) is 23.3. The lowest BCUT2D eigenvalue weighted by atomic mass is 9.89. The maximum atomic E-state index is 10.5. The van der Waals surface area contributed by atoms with Crippen molar-refractivity contribution in [2.45, 2.75) is 65.7 Å². The van der Waals surface area contributed by atoms with Gasteiger partial charge in [0.15, 0.2) is 0 Å². The Bertz CT molecular complexity index is 702. The van der Waals surface area contributed by atoms with Crippen LogP contribution < -0.4 is 4.90 Å². The van der Waals surface area contributed by atoms with E-state index >= 15 is 0 Å². The molecule has 0 saturated carbocycles. The third kappa shape index (κ3) is 4.43. The molecule has 0 aromatic heterocycles. The fourth-order valence-corrected chi connectivity index (χ4v) is 4.97. The van der Waals surface area contributed by atoms with Crippen LogP contribution in [0, 0.1) is 5.41 Å². The summed E-state index contributed by atoms with van der Waals surface area (Å²) in [5, 5.41) is 11.2. The smallest absolute Gasteiger partial charge is 0.205 e. The van der Waals surface area contributed by atoms with Crippen molar-refractivity contribution >= 4 is 26.3 Å². The fraction of sp³-hybridized carbons (Fsp3) is 0.636. The summed E-state index contributed by atoms with van der Waals surface area (Å²) in [6.07, 6.45) is 3.10. The van der Waals surface area contributed by atoms with E-state index in [1.165, 1.54) is 0 Å². The van der Waals surface area contributed by atoms with E-state index in [9.17, 15) is 5.11 Å².